The highest BCUT2D eigenvalue weighted by atomic mass is 32.2. The molecule has 1 unspecified atom stereocenters. The molecule has 1 aliphatic heterocycles. The molecule has 1 fully saturated rings. The van der Waals surface area contributed by atoms with Crippen LogP contribution in [0.1, 0.15) is 33.1 Å². The Morgan fingerprint density at radius 2 is 2.22 bits per heavy atom. The first kappa shape index (κ1) is 15.2. The highest BCUT2D eigenvalue weighted by molar-refractivity contribution is 7.88. The van der Waals surface area contributed by atoms with E-state index in [0.29, 0.717) is 19.0 Å². The fourth-order valence-corrected chi connectivity index (χ4v) is 2.48. The molecule has 0 aromatic heterocycles. The average molecular weight is 279 g/mol. The smallest absolute Gasteiger partial charge is 0.422 e. The van der Waals surface area contributed by atoms with E-state index in [1.807, 2.05) is 0 Å². The Morgan fingerprint density at radius 1 is 1.50 bits per heavy atom. The second-order valence-corrected chi connectivity index (χ2v) is 6.04. The van der Waals surface area contributed by atoms with Crippen molar-refractivity contribution in [2.45, 2.75) is 45.3 Å². The van der Waals surface area contributed by atoms with Gasteiger partial charge in [-0.1, -0.05) is 0 Å². The predicted octanol–water partition coefficient (Wildman–Crippen LogP) is 0.0975. The molecule has 0 radical (unpaired) electrons. The van der Waals surface area contributed by atoms with Gasteiger partial charge in [-0.2, -0.15) is 13.1 Å². The molecule has 7 nitrogen and oxygen atoms in total. The average Bonchev–Trinajstić information content (AvgIpc) is 2.67. The maximum Gasteiger partial charge on any atom is 0.422 e. The van der Waals surface area contributed by atoms with Crippen molar-refractivity contribution in [2.24, 2.45) is 0 Å². The Balaban J connectivity index is 2.24. The number of hydrogen-bond donors (Lipinski definition) is 3. The molecule has 18 heavy (non-hydrogen) atoms. The van der Waals surface area contributed by atoms with Crippen molar-refractivity contribution in [1.29, 1.82) is 0 Å². The lowest BCUT2D eigenvalue weighted by molar-refractivity contribution is 0.121. The molecular weight excluding hydrogens is 258 g/mol. The molecule has 1 heterocycles. The van der Waals surface area contributed by atoms with Crippen LogP contribution in [0.25, 0.3) is 0 Å². The number of ether oxygens (including phenoxy) is 1. The fraction of sp³-hybridized carbons (Fsp3) is 0.900. The van der Waals surface area contributed by atoms with Crippen LogP contribution < -0.4 is 14.8 Å². The summed E-state index contributed by atoms with van der Waals surface area (Å²) in [5.74, 6) is 0. The second kappa shape index (κ2) is 6.91. The van der Waals surface area contributed by atoms with Crippen LogP contribution in [-0.2, 0) is 14.9 Å². The van der Waals surface area contributed by atoms with Crippen LogP contribution in [0.5, 0.6) is 0 Å². The maximum absolute atomic E-state index is 11.5. The topological polar surface area (TPSA) is 96.5 Å². The molecule has 0 bridgehead atoms. The van der Waals surface area contributed by atoms with Crippen molar-refractivity contribution in [3.63, 3.8) is 0 Å². The van der Waals surface area contributed by atoms with Crippen molar-refractivity contribution in [2.75, 3.05) is 13.1 Å². The van der Waals surface area contributed by atoms with E-state index >= 15 is 0 Å². The first-order valence-corrected chi connectivity index (χ1v) is 7.59. The van der Waals surface area contributed by atoms with Crippen molar-refractivity contribution in [1.82, 2.24) is 14.8 Å². The molecule has 1 atom stereocenters. The molecule has 1 saturated heterocycles. The van der Waals surface area contributed by atoms with Gasteiger partial charge in [0, 0.05) is 12.6 Å². The summed E-state index contributed by atoms with van der Waals surface area (Å²) in [4.78, 5) is 11.1. The molecule has 0 saturated carbocycles. The van der Waals surface area contributed by atoms with Gasteiger partial charge in [-0.15, -0.1) is 0 Å². The predicted molar refractivity (Wildman–Crippen MR) is 67.3 cm³/mol. The molecule has 1 aliphatic rings. The number of amides is 1. The summed E-state index contributed by atoms with van der Waals surface area (Å²) >= 11 is 0. The summed E-state index contributed by atoms with van der Waals surface area (Å²) in [6, 6.07) is 0.357. The van der Waals surface area contributed by atoms with Crippen molar-refractivity contribution in [3.05, 3.63) is 0 Å². The van der Waals surface area contributed by atoms with E-state index in [-0.39, 0.29) is 6.10 Å². The van der Waals surface area contributed by atoms with Gasteiger partial charge in [-0.25, -0.2) is 9.52 Å². The number of nitrogens with one attached hydrogen (secondary N) is 3. The largest absolute Gasteiger partial charge is 0.446 e. The molecule has 0 spiro atoms. The van der Waals surface area contributed by atoms with Gasteiger partial charge in [-0.3, -0.25) is 0 Å². The molecule has 3 N–H and O–H groups in total. The van der Waals surface area contributed by atoms with Gasteiger partial charge < -0.3 is 10.1 Å². The highest BCUT2D eigenvalue weighted by Crippen LogP contribution is 2.07. The lowest BCUT2D eigenvalue weighted by atomic mass is 10.2. The van der Waals surface area contributed by atoms with E-state index in [0.717, 1.165) is 19.4 Å². The van der Waals surface area contributed by atoms with Gasteiger partial charge >= 0.3 is 16.3 Å². The molecular formula is C10H21N3O4S. The van der Waals surface area contributed by atoms with Crippen molar-refractivity contribution in [3.8, 4) is 0 Å². The first-order valence-electron chi connectivity index (χ1n) is 6.10. The third-order valence-corrected chi connectivity index (χ3v) is 3.53. The number of carbonyl (C=O) groups excluding carboxylic acids is 1. The summed E-state index contributed by atoms with van der Waals surface area (Å²) < 4.78 is 31.7. The summed E-state index contributed by atoms with van der Waals surface area (Å²) in [5, 5.41) is 3.26. The molecule has 0 aromatic rings. The van der Waals surface area contributed by atoms with Crippen LogP contribution in [0.3, 0.4) is 0 Å². The van der Waals surface area contributed by atoms with Crippen LogP contribution >= 0.6 is 0 Å². The zero-order valence-electron chi connectivity index (χ0n) is 10.7. The minimum atomic E-state index is -3.82. The highest BCUT2D eigenvalue weighted by Gasteiger charge is 2.18. The third kappa shape index (κ3) is 6.18. The Kier molecular flexibility index (Phi) is 5.83. The molecule has 0 aliphatic carbocycles. The zero-order valence-corrected chi connectivity index (χ0v) is 11.5. The Hall–Kier alpha value is -0.860. The van der Waals surface area contributed by atoms with Crippen molar-refractivity contribution >= 4 is 16.3 Å². The quantitative estimate of drug-likeness (QED) is 0.640. The SMILES string of the molecule is CC(C)OC(=O)NS(=O)(=O)NCCC1CCCN1. The lowest BCUT2D eigenvalue weighted by Gasteiger charge is -2.12. The second-order valence-electron chi connectivity index (χ2n) is 4.54. The maximum atomic E-state index is 11.5. The number of carbonyl (C=O) groups is 1. The Bertz CT molecular complexity index is 363. The third-order valence-electron chi connectivity index (χ3n) is 2.51. The van der Waals surface area contributed by atoms with Crippen LogP contribution in [-0.4, -0.2) is 39.7 Å². The molecule has 0 aromatic carbocycles. The van der Waals surface area contributed by atoms with Gasteiger partial charge in [0.05, 0.1) is 6.10 Å². The fourth-order valence-electron chi connectivity index (χ4n) is 1.75. The van der Waals surface area contributed by atoms with E-state index in [4.69, 9.17) is 0 Å². The summed E-state index contributed by atoms with van der Waals surface area (Å²) in [7, 11) is -3.82. The minimum absolute atomic E-state index is 0.294. The molecule has 8 heteroatoms. The number of hydrogen-bond acceptors (Lipinski definition) is 5. The zero-order chi connectivity index (χ0) is 13.6. The van der Waals surface area contributed by atoms with Gasteiger partial charge in [0.2, 0.25) is 0 Å². The summed E-state index contributed by atoms with van der Waals surface area (Å²) in [6.45, 7) is 4.56. The summed E-state index contributed by atoms with van der Waals surface area (Å²) in [6.07, 6.45) is 1.57. The van der Waals surface area contributed by atoms with E-state index in [1.54, 1.807) is 18.6 Å². The molecule has 106 valence electrons. The van der Waals surface area contributed by atoms with Gasteiger partial charge in [-0.05, 0) is 39.7 Å². The van der Waals surface area contributed by atoms with Gasteiger partial charge in [0.1, 0.15) is 0 Å². The number of rotatable bonds is 6. The first-order chi connectivity index (χ1) is 8.39. The van der Waals surface area contributed by atoms with Crippen LogP contribution in [0.4, 0.5) is 4.79 Å². The standard InChI is InChI=1S/C10H21N3O4S/c1-8(2)17-10(14)13-18(15,16)12-7-5-9-4-3-6-11-9/h8-9,11-12H,3-7H2,1-2H3,(H,13,14). The van der Waals surface area contributed by atoms with Gasteiger partial charge in [0.15, 0.2) is 0 Å². The lowest BCUT2D eigenvalue weighted by Crippen LogP contribution is -2.42. The normalized spacial score (nSPS) is 20.1. The minimum Gasteiger partial charge on any atom is -0.446 e. The molecule has 1 rings (SSSR count). The van der Waals surface area contributed by atoms with Crippen LogP contribution in [0.15, 0.2) is 0 Å². The van der Waals surface area contributed by atoms with E-state index in [1.165, 1.54) is 0 Å². The van der Waals surface area contributed by atoms with Crippen LogP contribution in [0.2, 0.25) is 0 Å². The Labute approximate surface area is 108 Å². The monoisotopic (exact) mass is 279 g/mol. The molecule has 1 amide bonds. The summed E-state index contributed by atoms with van der Waals surface area (Å²) in [5.41, 5.74) is 0. The van der Waals surface area contributed by atoms with Gasteiger partial charge in [0.25, 0.3) is 0 Å². The van der Waals surface area contributed by atoms with Crippen LogP contribution in [0, 0.1) is 0 Å². The Morgan fingerprint density at radius 3 is 2.78 bits per heavy atom. The van der Waals surface area contributed by atoms with E-state index in [9.17, 15) is 13.2 Å². The van der Waals surface area contributed by atoms with E-state index in [2.05, 4.69) is 14.8 Å². The van der Waals surface area contributed by atoms with E-state index < -0.39 is 16.3 Å². The van der Waals surface area contributed by atoms with Crippen molar-refractivity contribution < 1.29 is 17.9 Å².